The standard InChI is InChI=1S/C21H32N2O2/c1-21(2,3)17-8-6-16(7-9-17)20(25)22-13-10-18(11-14-22)23-12-4-5-19(24)15-23/h6-9,18-19,24H,4-5,10-15H2,1-3H3/t19-/m0/s1. The van der Waals surface area contributed by atoms with Crippen molar-refractivity contribution in [3.8, 4) is 0 Å². The summed E-state index contributed by atoms with van der Waals surface area (Å²) in [6.45, 7) is 10.1. The van der Waals surface area contributed by atoms with Gasteiger partial charge in [-0.15, -0.1) is 0 Å². The van der Waals surface area contributed by atoms with E-state index in [1.54, 1.807) is 0 Å². The van der Waals surface area contributed by atoms with Crippen LogP contribution >= 0.6 is 0 Å². The summed E-state index contributed by atoms with van der Waals surface area (Å²) in [4.78, 5) is 17.2. The van der Waals surface area contributed by atoms with Crippen LogP contribution < -0.4 is 0 Å². The van der Waals surface area contributed by atoms with Gasteiger partial charge in [0.15, 0.2) is 0 Å². The lowest BCUT2D eigenvalue weighted by atomic mass is 9.86. The predicted octanol–water partition coefficient (Wildman–Crippen LogP) is 3.05. The largest absolute Gasteiger partial charge is 0.392 e. The second kappa shape index (κ2) is 7.46. The Morgan fingerprint density at radius 2 is 1.68 bits per heavy atom. The van der Waals surface area contributed by atoms with Crippen LogP contribution in [0, 0.1) is 0 Å². The Morgan fingerprint density at radius 3 is 2.24 bits per heavy atom. The number of β-amino-alcohol motifs (C(OH)–C–C–N with tert-alkyl or cyclic N) is 1. The second-order valence-electron chi connectivity index (χ2n) is 8.64. The van der Waals surface area contributed by atoms with Crippen molar-refractivity contribution in [1.29, 1.82) is 0 Å². The van der Waals surface area contributed by atoms with Crippen molar-refractivity contribution in [2.75, 3.05) is 26.2 Å². The number of amides is 1. The summed E-state index contributed by atoms with van der Waals surface area (Å²) in [5.41, 5.74) is 2.16. The first kappa shape index (κ1) is 18.4. The number of piperidine rings is 2. The molecule has 1 atom stereocenters. The van der Waals surface area contributed by atoms with E-state index in [1.807, 2.05) is 17.0 Å². The second-order valence-corrected chi connectivity index (χ2v) is 8.64. The molecule has 25 heavy (non-hydrogen) atoms. The minimum absolute atomic E-state index is 0.110. The Labute approximate surface area is 151 Å². The van der Waals surface area contributed by atoms with Gasteiger partial charge in [-0.25, -0.2) is 0 Å². The minimum Gasteiger partial charge on any atom is -0.392 e. The van der Waals surface area contributed by atoms with Gasteiger partial charge in [-0.3, -0.25) is 9.69 Å². The lowest BCUT2D eigenvalue weighted by Gasteiger charge is -2.41. The fourth-order valence-electron chi connectivity index (χ4n) is 4.04. The number of likely N-dealkylation sites (tertiary alicyclic amines) is 2. The first-order valence-electron chi connectivity index (χ1n) is 9.66. The first-order chi connectivity index (χ1) is 11.8. The Kier molecular flexibility index (Phi) is 5.49. The predicted molar refractivity (Wildman–Crippen MR) is 101 cm³/mol. The Hall–Kier alpha value is -1.39. The molecule has 0 aliphatic carbocycles. The molecule has 1 aromatic rings. The van der Waals surface area contributed by atoms with E-state index in [4.69, 9.17) is 0 Å². The number of carbonyl (C=O) groups is 1. The van der Waals surface area contributed by atoms with Crippen LogP contribution in [0.4, 0.5) is 0 Å². The smallest absolute Gasteiger partial charge is 0.253 e. The summed E-state index contributed by atoms with van der Waals surface area (Å²) in [6.07, 6.45) is 3.87. The first-order valence-corrected chi connectivity index (χ1v) is 9.66. The molecule has 4 heteroatoms. The molecule has 4 nitrogen and oxygen atoms in total. The molecule has 1 N–H and O–H groups in total. The Morgan fingerprint density at radius 1 is 1.04 bits per heavy atom. The zero-order chi connectivity index (χ0) is 18.0. The van der Waals surface area contributed by atoms with Crippen molar-refractivity contribution >= 4 is 5.91 Å². The molecule has 1 aromatic carbocycles. The fraction of sp³-hybridized carbons (Fsp3) is 0.667. The third kappa shape index (κ3) is 4.42. The van der Waals surface area contributed by atoms with Crippen molar-refractivity contribution in [1.82, 2.24) is 9.80 Å². The maximum atomic E-state index is 12.8. The van der Waals surface area contributed by atoms with Crippen molar-refractivity contribution < 1.29 is 9.90 Å². The molecule has 0 aromatic heterocycles. The van der Waals surface area contributed by atoms with Crippen LogP contribution in [0.5, 0.6) is 0 Å². The number of hydrogen-bond acceptors (Lipinski definition) is 3. The summed E-state index contributed by atoms with van der Waals surface area (Å²) in [5.74, 6) is 0.151. The zero-order valence-corrected chi connectivity index (χ0v) is 15.9. The molecule has 0 radical (unpaired) electrons. The van der Waals surface area contributed by atoms with Crippen molar-refractivity contribution in [2.45, 2.75) is 64.0 Å². The van der Waals surface area contributed by atoms with E-state index >= 15 is 0 Å². The molecule has 2 aliphatic rings. The van der Waals surface area contributed by atoms with E-state index in [9.17, 15) is 9.90 Å². The van der Waals surface area contributed by atoms with Crippen LogP contribution in [0.25, 0.3) is 0 Å². The van der Waals surface area contributed by atoms with Gasteiger partial charge >= 0.3 is 0 Å². The van der Waals surface area contributed by atoms with Gasteiger partial charge in [-0.2, -0.15) is 0 Å². The molecule has 2 aliphatic heterocycles. The van der Waals surface area contributed by atoms with Gasteiger partial charge in [0.25, 0.3) is 5.91 Å². The minimum atomic E-state index is -0.172. The molecule has 0 saturated carbocycles. The number of carbonyl (C=O) groups excluding carboxylic acids is 1. The fourth-order valence-corrected chi connectivity index (χ4v) is 4.04. The lowest BCUT2D eigenvalue weighted by Crippen LogP contribution is -2.50. The maximum Gasteiger partial charge on any atom is 0.253 e. The van der Waals surface area contributed by atoms with Gasteiger partial charge in [0, 0.05) is 31.2 Å². The van der Waals surface area contributed by atoms with Crippen LogP contribution in [0.2, 0.25) is 0 Å². The zero-order valence-electron chi connectivity index (χ0n) is 15.9. The third-order valence-electron chi connectivity index (χ3n) is 5.69. The molecule has 0 unspecified atom stereocenters. The quantitative estimate of drug-likeness (QED) is 0.897. The molecule has 2 saturated heterocycles. The number of nitrogens with zero attached hydrogens (tertiary/aromatic N) is 2. The molecule has 3 rings (SSSR count). The van der Waals surface area contributed by atoms with Crippen LogP contribution in [0.3, 0.4) is 0 Å². The van der Waals surface area contributed by atoms with E-state index in [1.165, 1.54) is 5.56 Å². The van der Waals surface area contributed by atoms with Crippen molar-refractivity contribution in [3.05, 3.63) is 35.4 Å². The summed E-state index contributed by atoms with van der Waals surface area (Å²) in [5, 5.41) is 9.87. The van der Waals surface area contributed by atoms with Crippen LogP contribution in [-0.4, -0.2) is 59.1 Å². The normalized spacial score (nSPS) is 23.7. The van der Waals surface area contributed by atoms with Crippen LogP contribution in [0.1, 0.15) is 62.4 Å². The molecular formula is C21H32N2O2. The van der Waals surface area contributed by atoms with E-state index in [2.05, 4.69) is 37.8 Å². The van der Waals surface area contributed by atoms with Crippen LogP contribution in [-0.2, 0) is 5.41 Å². The van der Waals surface area contributed by atoms with Gasteiger partial charge in [0.2, 0.25) is 0 Å². The summed E-state index contributed by atoms with van der Waals surface area (Å²) >= 11 is 0. The van der Waals surface area contributed by atoms with Gasteiger partial charge in [0.1, 0.15) is 0 Å². The highest BCUT2D eigenvalue weighted by molar-refractivity contribution is 5.94. The number of aliphatic hydroxyl groups excluding tert-OH is 1. The lowest BCUT2D eigenvalue weighted by molar-refractivity contribution is 0.0241. The van der Waals surface area contributed by atoms with Crippen molar-refractivity contribution in [2.24, 2.45) is 0 Å². The molecule has 1 amide bonds. The molecule has 0 bridgehead atoms. The van der Waals surface area contributed by atoms with Gasteiger partial charge in [0.05, 0.1) is 6.10 Å². The molecule has 2 heterocycles. The Bertz CT molecular complexity index is 583. The molecule has 138 valence electrons. The SMILES string of the molecule is CC(C)(C)c1ccc(C(=O)N2CCC(N3CCC[C@H](O)C3)CC2)cc1. The molecule has 2 fully saturated rings. The number of rotatable bonds is 2. The van der Waals surface area contributed by atoms with E-state index in [-0.39, 0.29) is 17.4 Å². The van der Waals surface area contributed by atoms with Crippen molar-refractivity contribution in [3.63, 3.8) is 0 Å². The average Bonchev–Trinajstić information content (AvgIpc) is 2.61. The maximum absolute atomic E-state index is 12.8. The summed E-state index contributed by atoms with van der Waals surface area (Å²) in [7, 11) is 0. The van der Waals surface area contributed by atoms with Gasteiger partial charge in [-0.1, -0.05) is 32.9 Å². The van der Waals surface area contributed by atoms with E-state index < -0.39 is 0 Å². The highest BCUT2D eigenvalue weighted by Gasteiger charge is 2.30. The number of benzene rings is 1. The van der Waals surface area contributed by atoms with Gasteiger partial charge in [-0.05, 0) is 55.3 Å². The monoisotopic (exact) mass is 344 g/mol. The Balaban J connectivity index is 1.56. The highest BCUT2D eigenvalue weighted by atomic mass is 16.3. The topological polar surface area (TPSA) is 43.8 Å². The molecule has 0 spiro atoms. The highest BCUT2D eigenvalue weighted by Crippen LogP contribution is 2.24. The number of aliphatic hydroxyl groups is 1. The van der Waals surface area contributed by atoms with Crippen LogP contribution in [0.15, 0.2) is 24.3 Å². The van der Waals surface area contributed by atoms with E-state index in [0.717, 1.165) is 57.4 Å². The average molecular weight is 344 g/mol. The third-order valence-corrected chi connectivity index (χ3v) is 5.69. The molecular weight excluding hydrogens is 312 g/mol. The van der Waals surface area contributed by atoms with Gasteiger partial charge < -0.3 is 10.0 Å². The summed E-state index contributed by atoms with van der Waals surface area (Å²) in [6, 6.07) is 8.61. The number of hydrogen-bond donors (Lipinski definition) is 1. The van der Waals surface area contributed by atoms with E-state index in [0.29, 0.717) is 6.04 Å². The summed E-state index contributed by atoms with van der Waals surface area (Å²) < 4.78 is 0.